The summed E-state index contributed by atoms with van der Waals surface area (Å²) in [6.45, 7) is 0.728. The Morgan fingerprint density at radius 1 is 1.39 bits per heavy atom. The number of rotatable bonds is 3. The molecule has 23 heavy (non-hydrogen) atoms. The van der Waals surface area contributed by atoms with Crippen molar-refractivity contribution in [1.82, 2.24) is 10.2 Å². The van der Waals surface area contributed by atoms with Gasteiger partial charge in [-0.05, 0) is 5.56 Å². The molecular formula is C14H20Ar2N2O5. The Balaban J connectivity index is 0. The van der Waals surface area contributed by atoms with Crippen LogP contribution < -0.4 is 5.32 Å². The third kappa shape index (κ3) is 10.7. The van der Waals surface area contributed by atoms with Gasteiger partial charge in [0.05, 0.1) is 13.2 Å². The maximum Gasteiger partial charge on any atom is 0.410 e. The summed E-state index contributed by atoms with van der Waals surface area (Å²) in [5, 5.41) is 10.9. The second-order valence-electron chi connectivity index (χ2n) is 4.38. The minimum atomic E-state index is -0.404. The second kappa shape index (κ2) is 14.6. The van der Waals surface area contributed by atoms with E-state index in [1.807, 2.05) is 30.3 Å². The van der Waals surface area contributed by atoms with Crippen molar-refractivity contribution in [1.29, 1.82) is 0 Å². The van der Waals surface area contributed by atoms with E-state index in [1.54, 1.807) is 7.05 Å². The molecule has 1 aromatic carbocycles. The Bertz CT molecular complexity index is 462. The molecule has 1 fully saturated rings. The summed E-state index contributed by atoms with van der Waals surface area (Å²) < 4.78 is 9.49. The maximum atomic E-state index is 10.7. The number of hydrogen-bond donors (Lipinski definition) is 2. The number of likely N-dealkylation sites (N-methyl/N-ethyl adjacent to an activating group) is 1. The van der Waals surface area contributed by atoms with Crippen molar-refractivity contribution >= 4 is 12.2 Å². The van der Waals surface area contributed by atoms with E-state index in [-0.39, 0.29) is 94.3 Å². The molecule has 0 bridgehead atoms. The summed E-state index contributed by atoms with van der Waals surface area (Å²) in [7, 11) is 3.17. The second-order valence-corrected chi connectivity index (χ2v) is 4.38. The molecule has 1 aliphatic heterocycles. The van der Waals surface area contributed by atoms with Gasteiger partial charge < -0.3 is 24.8 Å². The molecule has 1 unspecified atom stereocenters. The number of hydrogen-bond acceptors (Lipinski definition) is 5. The average molecular weight is 376 g/mol. The molecule has 132 valence electrons. The van der Waals surface area contributed by atoms with Crippen LogP contribution in [0.5, 0.6) is 0 Å². The number of amides is 2. The van der Waals surface area contributed by atoms with Crippen molar-refractivity contribution in [2.24, 2.45) is 0 Å². The standard InChI is InChI=1S/C9H11NO2.C5H9NO3.2Ar/c1-10-9(11)12-7-8-5-3-2-4-6-8;1-6-2-4(3-7)9-5(6)8;;/h2-6H,7H2,1H3,(H,10,11);4,7H,2-3H2,1H3;;. The molecular weight excluding hydrogens is 356 g/mol. The van der Waals surface area contributed by atoms with E-state index in [0.717, 1.165) is 5.56 Å². The van der Waals surface area contributed by atoms with Gasteiger partial charge in [0.15, 0.2) is 0 Å². The first-order valence-corrected chi connectivity index (χ1v) is 6.47. The minimum Gasteiger partial charge on any atom is -0.445 e. The van der Waals surface area contributed by atoms with E-state index in [2.05, 4.69) is 10.1 Å². The Morgan fingerprint density at radius 2 is 2.00 bits per heavy atom. The maximum absolute atomic E-state index is 10.7. The molecule has 0 spiro atoms. The molecule has 7 nitrogen and oxygen atoms in total. The summed E-state index contributed by atoms with van der Waals surface area (Å²) in [5.74, 6) is 0. The van der Waals surface area contributed by atoms with Crippen LogP contribution in [0.15, 0.2) is 30.3 Å². The van der Waals surface area contributed by atoms with Gasteiger partial charge in [0.25, 0.3) is 0 Å². The number of cyclic esters (lactones) is 1. The number of aliphatic hydroxyl groups is 1. The fourth-order valence-corrected chi connectivity index (χ4v) is 1.54. The Labute approximate surface area is 195 Å². The number of carbonyl (C=O) groups is 2. The van der Waals surface area contributed by atoms with Gasteiger partial charge in [0, 0.05) is 89.6 Å². The Hall–Kier alpha value is 0.239. The van der Waals surface area contributed by atoms with Gasteiger partial charge in [0.2, 0.25) is 0 Å². The SMILES string of the molecule is CN1CC(CO)OC1=O.CNC(=O)OCc1ccccc1.[Ar].[Ar]. The molecule has 0 radical (unpaired) electrons. The zero-order valence-corrected chi connectivity index (χ0v) is 14.2. The number of nitrogens with one attached hydrogen (secondary N) is 1. The van der Waals surface area contributed by atoms with Crippen LogP contribution in [0.3, 0.4) is 0 Å². The molecule has 1 saturated heterocycles. The van der Waals surface area contributed by atoms with Crippen LogP contribution in [0.2, 0.25) is 0 Å². The van der Waals surface area contributed by atoms with Crippen molar-refractivity contribution in [3.63, 3.8) is 0 Å². The van der Waals surface area contributed by atoms with Crippen LogP contribution in [0.1, 0.15) is 5.56 Å². The van der Waals surface area contributed by atoms with E-state index >= 15 is 0 Å². The van der Waals surface area contributed by atoms with Gasteiger partial charge in [-0.25, -0.2) is 9.59 Å². The largest absolute Gasteiger partial charge is 0.445 e. The molecule has 0 aromatic heterocycles. The zero-order chi connectivity index (χ0) is 15.7. The quantitative estimate of drug-likeness (QED) is 0.821. The number of benzene rings is 1. The topological polar surface area (TPSA) is 88.1 Å². The molecule has 0 aliphatic carbocycles. The number of ether oxygens (including phenoxy) is 2. The molecule has 0 saturated carbocycles. The minimum absolute atomic E-state index is 0. The van der Waals surface area contributed by atoms with Gasteiger partial charge in [-0.15, -0.1) is 0 Å². The third-order valence-corrected chi connectivity index (χ3v) is 2.68. The third-order valence-electron chi connectivity index (χ3n) is 2.68. The molecule has 2 N–H and O–H groups in total. The van der Waals surface area contributed by atoms with Crippen LogP contribution >= 0.6 is 0 Å². The van der Waals surface area contributed by atoms with Gasteiger partial charge in [-0.2, -0.15) is 0 Å². The van der Waals surface area contributed by atoms with Gasteiger partial charge in [-0.3, -0.25) is 0 Å². The normalized spacial score (nSPS) is 15.2. The van der Waals surface area contributed by atoms with Crippen LogP contribution in [-0.4, -0.2) is 55.5 Å². The fourth-order valence-electron chi connectivity index (χ4n) is 1.54. The van der Waals surface area contributed by atoms with Crippen LogP contribution in [0.4, 0.5) is 9.59 Å². The van der Waals surface area contributed by atoms with Gasteiger partial charge >= 0.3 is 12.2 Å². The van der Waals surface area contributed by atoms with Gasteiger partial charge in [0.1, 0.15) is 12.7 Å². The van der Waals surface area contributed by atoms with Crippen molar-refractivity contribution in [2.75, 3.05) is 27.2 Å². The first kappa shape index (κ1) is 25.5. The van der Waals surface area contributed by atoms with E-state index in [0.29, 0.717) is 13.2 Å². The van der Waals surface area contributed by atoms with Crippen LogP contribution in [-0.2, 0) is 16.1 Å². The van der Waals surface area contributed by atoms with Crippen molar-refractivity contribution in [3.8, 4) is 0 Å². The summed E-state index contributed by atoms with van der Waals surface area (Å²) in [5.41, 5.74) is 0.987. The molecule has 1 aromatic rings. The summed E-state index contributed by atoms with van der Waals surface area (Å²) in [4.78, 5) is 22.6. The fraction of sp³-hybridized carbons (Fsp3) is 0.429. The predicted octanol–water partition coefficient (Wildman–Crippen LogP) is 0.972. The number of nitrogens with zero attached hydrogens (tertiary/aromatic N) is 1. The van der Waals surface area contributed by atoms with E-state index < -0.39 is 6.09 Å². The molecule has 2 rings (SSSR count). The monoisotopic (exact) mass is 376 g/mol. The number of aliphatic hydroxyl groups excluding tert-OH is 1. The molecule has 2 amide bonds. The zero-order valence-electron chi connectivity index (χ0n) is 12.8. The molecule has 1 heterocycles. The van der Waals surface area contributed by atoms with Crippen molar-refractivity contribution in [2.45, 2.75) is 12.7 Å². The van der Waals surface area contributed by atoms with E-state index in [1.165, 1.54) is 11.9 Å². The van der Waals surface area contributed by atoms with Crippen molar-refractivity contribution < 1.29 is 99.6 Å². The Morgan fingerprint density at radius 3 is 2.39 bits per heavy atom. The first-order valence-electron chi connectivity index (χ1n) is 6.47. The smallest absolute Gasteiger partial charge is 0.410 e. The first-order chi connectivity index (χ1) is 10.1. The molecule has 9 heteroatoms. The van der Waals surface area contributed by atoms with Crippen LogP contribution in [0, 0.1) is 75.5 Å². The van der Waals surface area contributed by atoms with Crippen molar-refractivity contribution in [3.05, 3.63) is 35.9 Å². The van der Waals surface area contributed by atoms with E-state index in [9.17, 15) is 9.59 Å². The summed E-state index contributed by atoms with van der Waals surface area (Å²) >= 11 is 0. The average Bonchev–Trinajstić information content (AvgIpc) is 2.85. The number of alkyl carbamates (subject to hydrolysis) is 1. The van der Waals surface area contributed by atoms with Crippen LogP contribution in [0.25, 0.3) is 0 Å². The molecule has 1 aliphatic rings. The number of carbonyl (C=O) groups excluding carboxylic acids is 2. The van der Waals surface area contributed by atoms with Gasteiger partial charge in [-0.1, -0.05) is 30.3 Å². The Kier molecular flexibility index (Phi) is 16.1. The predicted molar refractivity (Wildman–Crippen MR) is 75.7 cm³/mol. The summed E-state index contributed by atoms with van der Waals surface area (Å²) in [6, 6.07) is 9.54. The summed E-state index contributed by atoms with van der Waals surface area (Å²) in [6.07, 6.45) is -1.07. The molecule has 1 atom stereocenters. The van der Waals surface area contributed by atoms with E-state index in [4.69, 9.17) is 9.84 Å².